The van der Waals surface area contributed by atoms with E-state index in [9.17, 15) is 9.18 Å². The van der Waals surface area contributed by atoms with E-state index in [2.05, 4.69) is 36.0 Å². The standard InChI is InChI=1S/C26H30FN3OS/c1-17(2)12-13-28-26(31)30-16-21-20-9-3-4-11-23(20)32-25(21)29-14-6-10-22(29)24(30)18-7-5-8-19(27)15-18/h5-8,10,14-15,17,24H,3-4,9,11-13,16H2,1-2H3,(H,28,31)/t24-/m1/s1. The van der Waals surface area contributed by atoms with Crippen LogP contribution in [0.5, 0.6) is 0 Å². The van der Waals surface area contributed by atoms with Crippen LogP contribution >= 0.6 is 11.3 Å². The molecule has 2 aliphatic rings. The molecule has 0 fully saturated rings. The van der Waals surface area contributed by atoms with Gasteiger partial charge in [-0.15, -0.1) is 11.3 Å². The Hall–Kier alpha value is -2.60. The SMILES string of the molecule is CC(C)CCNC(=O)N1Cc2c(sc3c2CCCC3)-n2cccc2[C@H]1c1cccc(F)c1. The lowest BCUT2D eigenvalue weighted by Crippen LogP contribution is -2.42. The number of hydrogen-bond acceptors (Lipinski definition) is 2. The van der Waals surface area contributed by atoms with E-state index in [-0.39, 0.29) is 17.9 Å². The minimum atomic E-state index is -0.349. The number of benzene rings is 1. The summed E-state index contributed by atoms with van der Waals surface area (Å²) in [4.78, 5) is 16.9. The Bertz CT molecular complexity index is 1130. The number of carbonyl (C=O) groups excluding carboxylic acids is 1. The molecule has 1 aliphatic carbocycles. The van der Waals surface area contributed by atoms with Crippen molar-refractivity contribution in [3.63, 3.8) is 0 Å². The minimum Gasteiger partial charge on any atom is -0.338 e. The van der Waals surface area contributed by atoms with Gasteiger partial charge in [-0.05, 0) is 73.4 Å². The molecule has 1 atom stereocenters. The Kier molecular flexibility index (Phi) is 5.80. The van der Waals surface area contributed by atoms with Crippen molar-refractivity contribution < 1.29 is 9.18 Å². The maximum Gasteiger partial charge on any atom is 0.318 e. The van der Waals surface area contributed by atoms with Gasteiger partial charge >= 0.3 is 6.03 Å². The number of amides is 2. The lowest BCUT2D eigenvalue weighted by molar-refractivity contribution is 0.180. The third kappa shape index (κ3) is 3.85. The zero-order chi connectivity index (χ0) is 22.2. The van der Waals surface area contributed by atoms with Crippen molar-refractivity contribution in [2.75, 3.05) is 6.54 Å². The van der Waals surface area contributed by atoms with Gasteiger partial charge < -0.3 is 14.8 Å². The van der Waals surface area contributed by atoms with Crippen molar-refractivity contribution >= 4 is 17.4 Å². The monoisotopic (exact) mass is 451 g/mol. The van der Waals surface area contributed by atoms with Gasteiger partial charge in [-0.3, -0.25) is 0 Å². The molecule has 0 radical (unpaired) electrons. The topological polar surface area (TPSA) is 37.3 Å². The first-order chi connectivity index (χ1) is 15.5. The average molecular weight is 452 g/mol. The van der Waals surface area contributed by atoms with E-state index in [0.717, 1.165) is 30.5 Å². The Morgan fingerprint density at radius 3 is 2.84 bits per heavy atom. The first kappa shape index (κ1) is 21.3. The molecule has 1 aromatic carbocycles. The number of rotatable bonds is 4. The summed E-state index contributed by atoms with van der Waals surface area (Å²) < 4.78 is 16.5. The molecule has 0 spiro atoms. The molecule has 5 rings (SSSR count). The van der Waals surface area contributed by atoms with Crippen LogP contribution in [-0.2, 0) is 19.4 Å². The predicted octanol–water partition coefficient (Wildman–Crippen LogP) is 6.22. The van der Waals surface area contributed by atoms with E-state index in [1.165, 1.54) is 39.9 Å². The van der Waals surface area contributed by atoms with E-state index in [1.54, 1.807) is 12.1 Å². The summed E-state index contributed by atoms with van der Waals surface area (Å²) in [7, 11) is 0. The summed E-state index contributed by atoms with van der Waals surface area (Å²) >= 11 is 1.86. The van der Waals surface area contributed by atoms with E-state index in [4.69, 9.17) is 0 Å². The van der Waals surface area contributed by atoms with Crippen LogP contribution in [0.1, 0.15) is 66.4 Å². The van der Waals surface area contributed by atoms with Gasteiger partial charge in [0.1, 0.15) is 10.8 Å². The highest BCUT2D eigenvalue weighted by molar-refractivity contribution is 7.15. The molecule has 0 saturated heterocycles. The molecule has 2 amide bonds. The van der Waals surface area contributed by atoms with Crippen molar-refractivity contribution in [3.05, 3.63) is 75.7 Å². The van der Waals surface area contributed by atoms with Crippen LogP contribution in [0.3, 0.4) is 0 Å². The highest BCUT2D eigenvalue weighted by Gasteiger charge is 2.36. The van der Waals surface area contributed by atoms with Crippen molar-refractivity contribution in [2.24, 2.45) is 5.92 Å². The van der Waals surface area contributed by atoms with Crippen LogP contribution in [0.15, 0.2) is 42.6 Å². The Balaban J connectivity index is 1.62. The molecule has 32 heavy (non-hydrogen) atoms. The lowest BCUT2D eigenvalue weighted by Gasteiger charge is -2.31. The first-order valence-electron chi connectivity index (χ1n) is 11.6. The third-order valence-corrected chi connectivity index (χ3v) is 7.94. The number of halogens is 1. The molecule has 1 N–H and O–H groups in total. The van der Waals surface area contributed by atoms with Crippen LogP contribution in [0, 0.1) is 11.7 Å². The molecule has 3 heterocycles. The first-order valence-corrected chi connectivity index (χ1v) is 12.5. The quantitative estimate of drug-likeness (QED) is 0.502. The summed E-state index contributed by atoms with van der Waals surface area (Å²) in [5.74, 6) is 0.239. The van der Waals surface area contributed by atoms with Gasteiger partial charge in [-0.1, -0.05) is 26.0 Å². The molecule has 168 valence electrons. The fraction of sp³-hybridized carbons (Fsp3) is 0.423. The number of fused-ring (bicyclic) bond motifs is 5. The number of carbonyl (C=O) groups is 1. The van der Waals surface area contributed by atoms with E-state index < -0.39 is 0 Å². The maximum absolute atomic E-state index is 14.2. The van der Waals surface area contributed by atoms with E-state index in [0.29, 0.717) is 19.0 Å². The fourth-order valence-corrected chi connectivity index (χ4v) is 6.39. The molecule has 3 aromatic rings. The van der Waals surface area contributed by atoms with Gasteiger partial charge in [0.2, 0.25) is 0 Å². The normalized spacial score (nSPS) is 17.5. The van der Waals surface area contributed by atoms with Crippen molar-refractivity contribution in [3.8, 4) is 5.00 Å². The number of aromatic nitrogens is 1. The Labute approximate surface area is 193 Å². The molecule has 0 saturated carbocycles. The van der Waals surface area contributed by atoms with E-state index in [1.807, 2.05) is 28.4 Å². The summed E-state index contributed by atoms with van der Waals surface area (Å²) in [6.07, 6.45) is 7.64. The van der Waals surface area contributed by atoms with Gasteiger partial charge in [0.15, 0.2) is 0 Å². The molecular formula is C26H30FN3OS. The lowest BCUT2D eigenvalue weighted by atomic mass is 9.95. The average Bonchev–Trinajstić information content (AvgIpc) is 3.35. The molecule has 6 heteroatoms. The molecule has 2 aromatic heterocycles. The third-order valence-electron chi connectivity index (χ3n) is 6.60. The summed E-state index contributed by atoms with van der Waals surface area (Å²) in [6, 6.07) is 10.3. The fourth-order valence-electron chi connectivity index (χ4n) is 4.98. The number of nitrogens with one attached hydrogen (secondary N) is 1. The Morgan fingerprint density at radius 2 is 2.03 bits per heavy atom. The molecule has 1 aliphatic heterocycles. The molecule has 4 nitrogen and oxygen atoms in total. The van der Waals surface area contributed by atoms with Crippen LogP contribution in [0.25, 0.3) is 5.00 Å². The second-order valence-corrected chi connectivity index (χ2v) is 10.4. The second kappa shape index (κ2) is 8.74. The number of thiophene rings is 1. The van der Waals surface area contributed by atoms with Crippen molar-refractivity contribution in [1.82, 2.24) is 14.8 Å². The molecule has 0 unspecified atom stereocenters. The van der Waals surface area contributed by atoms with Gasteiger partial charge in [0.05, 0.1) is 18.3 Å². The summed E-state index contributed by atoms with van der Waals surface area (Å²) in [6.45, 7) is 5.49. The van der Waals surface area contributed by atoms with Crippen LogP contribution in [0.2, 0.25) is 0 Å². The highest BCUT2D eigenvalue weighted by Crippen LogP contribution is 2.44. The van der Waals surface area contributed by atoms with Crippen molar-refractivity contribution in [2.45, 2.75) is 58.5 Å². The van der Waals surface area contributed by atoms with Crippen LogP contribution in [-0.4, -0.2) is 22.0 Å². The van der Waals surface area contributed by atoms with Crippen LogP contribution in [0.4, 0.5) is 9.18 Å². The van der Waals surface area contributed by atoms with Crippen molar-refractivity contribution in [1.29, 1.82) is 0 Å². The predicted molar refractivity (Wildman–Crippen MR) is 127 cm³/mol. The highest BCUT2D eigenvalue weighted by atomic mass is 32.1. The number of urea groups is 1. The number of aryl methyl sites for hydroxylation is 1. The van der Waals surface area contributed by atoms with E-state index >= 15 is 0 Å². The largest absolute Gasteiger partial charge is 0.338 e. The van der Waals surface area contributed by atoms with Gasteiger partial charge in [0, 0.05) is 23.2 Å². The van der Waals surface area contributed by atoms with Gasteiger partial charge in [-0.25, -0.2) is 9.18 Å². The smallest absolute Gasteiger partial charge is 0.318 e. The van der Waals surface area contributed by atoms with Gasteiger partial charge in [0.25, 0.3) is 0 Å². The number of nitrogens with zero attached hydrogens (tertiary/aromatic N) is 2. The molecular weight excluding hydrogens is 421 g/mol. The zero-order valence-electron chi connectivity index (χ0n) is 18.7. The summed E-state index contributed by atoms with van der Waals surface area (Å²) in [5.41, 5.74) is 4.50. The zero-order valence-corrected chi connectivity index (χ0v) is 19.6. The number of hydrogen-bond donors (Lipinski definition) is 1. The maximum atomic E-state index is 14.2. The molecule has 0 bridgehead atoms. The minimum absolute atomic E-state index is 0.0868. The van der Waals surface area contributed by atoms with Crippen LogP contribution < -0.4 is 5.32 Å². The van der Waals surface area contributed by atoms with Gasteiger partial charge in [-0.2, -0.15) is 0 Å². The summed E-state index contributed by atoms with van der Waals surface area (Å²) in [5, 5.41) is 4.36. The second-order valence-electron chi connectivity index (χ2n) is 9.30. The Morgan fingerprint density at radius 1 is 1.19 bits per heavy atom.